The smallest absolute Gasteiger partial charge is 0.294 e. The second-order valence-corrected chi connectivity index (χ2v) is 4.27. The van der Waals surface area contributed by atoms with E-state index < -0.39 is 4.92 Å². The summed E-state index contributed by atoms with van der Waals surface area (Å²) in [5, 5.41) is 24.8. The molecule has 0 bridgehead atoms. The van der Waals surface area contributed by atoms with Gasteiger partial charge in [0.25, 0.3) is 5.69 Å². The van der Waals surface area contributed by atoms with E-state index in [1.807, 2.05) is 6.92 Å². The van der Waals surface area contributed by atoms with Gasteiger partial charge in [-0.3, -0.25) is 15.5 Å². The quantitative estimate of drug-likeness (QED) is 0.485. The molecule has 0 heterocycles. The zero-order chi connectivity index (χ0) is 15.9. The minimum Gasteiger partial charge on any atom is -0.504 e. The summed E-state index contributed by atoms with van der Waals surface area (Å²) in [7, 11) is 0. The number of nitrogens with one attached hydrogen (secondary N) is 1. The maximum atomic E-state index is 10.9. The molecule has 0 saturated carbocycles. The largest absolute Gasteiger partial charge is 0.504 e. The highest BCUT2D eigenvalue weighted by molar-refractivity contribution is 5.85. The molecule has 2 aromatic carbocycles. The molecule has 0 aliphatic heterocycles. The number of hydrogen-bond donors (Lipinski definition) is 2. The van der Waals surface area contributed by atoms with Crippen LogP contribution in [0.2, 0.25) is 0 Å². The lowest BCUT2D eigenvalue weighted by atomic mass is 10.2. The Labute approximate surface area is 127 Å². The summed E-state index contributed by atoms with van der Waals surface area (Å²) in [4.78, 5) is 10.4. The van der Waals surface area contributed by atoms with Crippen LogP contribution in [0.4, 0.5) is 11.4 Å². The predicted octanol–water partition coefficient (Wildman–Crippen LogP) is 3.15. The lowest BCUT2D eigenvalue weighted by molar-refractivity contribution is -0.384. The van der Waals surface area contributed by atoms with Crippen LogP contribution in [-0.4, -0.2) is 22.9 Å². The number of anilines is 1. The van der Waals surface area contributed by atoms with Crippen LogP contribution in [-0.2, 0) is 0 Å². The highest BCUT2D eigenvalue weighted by Crippen LogP contribution is 2.28. The van der Waals surface area contributed by atoms with E-state index >= 15 is 0 Å². The summed E-state index contributed by atoms with van der Waals surface area (Å²) in [6.45, 7) is 2.25. The number of phenols is 1. The van der Waals surface area contributed by atoms with Crippen molar-refractivity contribution in [2.45, 2.75) is 6.92 Å². The van der Waals surface area contributed by atoms with E-state index in [2.05, 4.69) is 10.5 Å². The van der Waals surface area contributed by atoms with Crippen LogP contribution in [0.1, 0.15) is 12.5 Å². The van der Waals surface area contributed by atoms with Gasteiger partial charge in [0.2, 0.25) is 0 Å². The molecule has 2 rings (SSSR count). The maximum absolute atomic E-state index is 10.9. The van der Waals surface area contributed by atoms with Gasteiger partial charge in [0.05, 0.1) is 17.7 Å². The second kappa shape index (κ2) is 7.07. The number of nitro benzene ring substituents is 1. The number of hydrazone groups is 1. The van der Waals surface area contributed by atoms with E-state index in [-0.39, 0.29) is 17.1 Å². The molecule has 0 aliphatic carbocycles. The van der Waals surface area contributed by atoms with Gasteiger partial charge in [-0.1, -0.05) is 18.2 Å². The molecule has 0 aromatic heterocycles. The Morgan fingerprint density at radius 3 is 2.82 bits per heavy atom. The molecule has 2 N–H and O–H groups in total. The van der Waals surface area contributed by atoms with Crippen molar-refractivity contribution in [2.75, 3.05) is 12.0 Å². The molecule has 0 radical (unpaired) electrons. The van der Waals surface area contributed by atoms with Crippen molar-refractivity contribution < 1.29 is 14.8 Å². The molecule has 0 spiro atoms. The fourth-order valence-corrected chi connectivity index (χ4v) is 1.81. The first kappa shape index (κ1) is 15.3. The monoisotopic (exact) mass is 301 g/mol. The van der Waals surface area contributed by atoms with Crippen LogP contribution in [0.15, 0.2) is 47.6 Å². The topological polar surface area (TPSA) is 97.0 Å². The number of phenolic OH excluding ortho intramolecular Hbond substituents is 1. The van der Waals surface area contributed by atoms with E-state index in [0.29, 0.717) is 17.9 Å². The maximum Gasteiger partial charge on any atom is 0.294 e. The summed E-state index contributed by atoms with van der Waals surface area (Å²) in [6, 6.07) is 11.2. The van der Waals surface area contributed by atoms with E-state index in [4.69, 9.17) is 4.74 Å². The highest BCUT2D eigenvalue weighted by atomic mass is 16.6. The van der Waals surface area contributed by atoms with Crippen molar-refractivity contribution in [1.29, 1.82) is 0 Å². The number of benzene rings is 2. The van der Waals surface area contributed by atoms with Crippen molar-refractivity contribution in [3.63, 3.8) is 0 Å². The van der Waals surface area contributed by atoms with Gasteiger partial charge in [-0.05, 0) is 25.1 Å². The first-order chi connectivity index (χ1) is 10.6. The molecular formula is C15H15N3O4. The van der Waals surface area contributed by atoms with Gasteiger partial charge in [-0.15, -0.1) is 0 Å². The number of nitrogens with zero attached hydrogens (tertiary/aromatic N) is 2. The Morgan fingerprint density at radius 2 is 2.09 bits per heavy atom. The van der Waals surface area contributed by atoms with Gasteiger partial charge in [-0.25, -0.2) is 0 Å². The number of nitro groups is 1. The Hall–Kier alpha value is -3.09. The van der Waals surface area contributed by atoms with Crippen LogP contribution in [0.5, 0.6) is 11.5 Å². The average molecular weight is 301 g/mol. The predicted molar refractivity (Wildman–Crippen MR) is 83.6 cm³/mol. The van der Waals surface area contributed by atoms with E-state index in [9.17, 15) is 15.2 Å². The normalized spacial score (nSPS) is 10.6. The van der Waals surface area contributed by atoms with Crippen molar-refractivity contribution in [1.82, 2.24) is 0 Å². The Bertz CT molecular complexity index is 701. The van der Waals surface area contributed by atoms with Gasteiger partial charge in [0.15, 0.2) is 11.5 Å². The SMILES string of the molecule is CCOc1cccc(/C=N/Nc2ccccc2[N+](=O)[O-])c1O. The third-order valence-electron chi connectivity index (χ3n) is 2.82. The lowest BCUT2D eigenvalue weighted by Gasteiger charge is -2.07. The van der Waals surface area contributed by atoms with E-state index in [1.54, 1.807) is 36.4 Å². The second-order valence-electron chi connectivity index (χ2n) is 4.27. The van der Waals surface area contributed by atoms with Crippen LogP contribution in [0.3, 0.4) is 0 Å². The zero-order valence-corrected chi connectivity index (χ0v) is 11.9. The number of ether oxygens (including phenoxy) is 1. The van der Waals surface area contributed by atoms with Gasteiger partial charge >= 0.3 is 0 Å². The minimum atomic E-state index is -0.495. The third-order valence-corrected chi connectivity index (χ3v) is 2.82. The zero-order valence-electron chi connectivity index (χ0n) is 11.9. The van der Waals surface area contributed by atoms with Crippen LogP contribution in [0, 0.1) is 10.1 Å². The standard InChI is InChI=1S/C15H15N3O4/c1-2-22-14-9-5-6-11(15(14)19)10-16-17-12-7-3-4-8-13(12)18(20)21/h3-10,17,19H,2H2,1H3/b16-10+. The van der Waals surface area contributed by atoms with E-state index in [1.165, 1.54) is 12.3 Å². The molecule has 0 fully saturated rings. The van der Waals surface area contributed by atoms with E-state index in [0.717, 1.165) is 0 Å². The molecule has 0 saturated heterocycles. The lowest BCUT2D eigenvalue weighted by Crippen LogP contribution is -1.97. The molecule has 0 atom stereocenters. The van der Waals surface area contributed by atoms with Gasteiger partial charge < -0.3 is 9.84 Å². The van der Waals surface area contributed by atoms with Gasteiger partial charge in [0, 0.05) is 11.6 Å². The van der Waals surface area contributed by atoms with Crippen molar-refractivity contribution in [2.24, 2.45) is 5.10 Å². The summed E-state index contributed by atoms with van der Waals surface area (Å²) >= 11 is 0. The molecule has 0 aliphatic rings. The van der Waals surface area contributed by atoms with Gasteiger partial charge in [-0.2, -0.15) is 5.10 Å². The number of aromatic hydroxyl groups is 1. The highest BCUT2D eigenvalue weighted by Gasteiger charge is 2.11. The third kappa shape index (κ3) is 3.51. The molecular weight excluding hydrogens is 286 g/mol. The molecule has 7 nitrogen and oxygen atoms in total. The molecule has 0 unspecified atom stereocenters. The first-order valence-corrected chi connectivity index (χ1v) is 6.60. The molecule has 22 heavy (non-hydrogen) atoms. The molecule has 2 aromatic rings. The van der Waals surface area contributed by atoms with Crippen LogP contribution in [0.25, 0.3) is 0 Å². The average Bonchev–Trinajstić information content (AvgIpc) is 2.51. The molecule has 7 heteroatoms. The summed E-state index contributed by atoms with van der Waals surface area (Å²) in [5.74, 6) is 0.328. The summed E-state index contributed by atoms with van der Waals surface area (Å²) in [5.41, 5.74) is 3.23. The number of hydrogen-bond acceptors (Lipinski definition) is 6. The number of rotatable bonds is 6. The number of para-hydroxylation sites is 3. The summed E-state index contributed by atoms with van der Waals surface area (Å²) in [6.07, 6.45) is 1.37. The van der Waals surface area contributed by atoms with Gasteiger partial charge in [0.1, 0.15) is 5.69 Å². The Balaban J connectivity index is 2.17. The molecule has 0 amide bonds. The van der Waals surface area contributed by atoms with Crippen LogP contribution >= 0.6 is 0 Å². The van der Waals surface area contributed by atoms with Crippen LogP contribution < -0.4 is 10.2 Å². The Morgan fingerprint density at radius 1 is 1.32 bits per heavy atom. The fraction of sp³-hybridized carbons (Fsp3) is 0.133. The fourth-order valence-electron chi connectivity index (χ4n) is 1.81. The van der Waals surface area contributed by atoms with Crippen molar-refractivity contribution in [3.05, 3.63) is 58.1 Å². The molecule has 114 valence electrons. The minimum absolute atomic E-state index is 0.0301. The summed E-state index contributed by atoms with van der Waals surface area (Å²) < 4.78 is 5.27. The van der Waals surface area contributed by atoms with Crippen molar-refractivity contribution in [3.8, 4) is 11.5 Å². The Kier molecular flexibility index (Phi) is 4.92. The van der Waals surface area contributed by atoms with Crippen molar-refractivity contribution >= 4 is 17.6 Å². The first-order valence-electron chi connectivity index (χ1n) is 6.60.